The summed E-state index contributed by atoms with van der Waals surface area (Å²) in [6.07, 6.45) is 0.139. The first-order chi connectivity index (χ1) is 7.63. The summed E-state index contributed by atoms with van der Waals surface area (Å²) < 4.78 is 5.30. The highest BCUT2D eigenvalue weighted by Crippen LogP contribution is 2.13. The molecule has 0 aliphatic carbocycles. The summed E-state index contributed by atoms with van der Waals surface area (Å²) in [5.74, 6) is -0.500. The fourth-order valence-corrected chi connectivity index (χ4v) is 2.07. The van der Waals surface area contributed by atoms with Gasteiger partial charge in [-0.25, -0.2) is 4.79 Å². The Hall–Kier alpha value is -0.450. The number of aliphatic hydroxyl groups excluding tert-OH is 1. The maximum atomic E-state index is 11.6. The summed E-state index contributed by atoms with van der Waals surface area (Å²) in [6, 6.07) is 0. The molecule has 0 fully saturated rings. The number of rotatable bonds is 6. The van der Waals surface area contributed by atoms with E-state index >= 15 is 0 Å². The molecule has 0 bridgehead atoms. The van der Waals surface area contributed by atoms with Crippen LogP contribution in [0.1, 0.15) is 6.92 Å². The predicted octanol–water partition coefficient (Wildman–Crippen LogP) is -2.92. The molecule has 0 amide bonds. The molecule has 0 aliphatic rings. The van der Waals surface area contributed by atoms with Crippen LogP contribution in [-0.4, -0.2) is 61.5 Å². The molecule has 0 heterocycles. The molecule has 0 aromatic carbocycles. The molecule has 106 valence electrons. The number of carbonyl (C=O) groups excluding carboxylic acids is 1. The number of carbonyl (C=O) groups is 1. The molecule has 0 spiro atoms. The van der Waals surface area contributed by atoms with Gasteiger partial charge in [-0.05, 0) is 6.92 Å². The average Bonchev–Trinajstić information content (AvgIpc) is 2.14. The molecule has 5 nitrogen and oxygen atoms in total. The third kappa shape index (κ3) is 9.57. The molecule has 18 heavy (non-hydrogen) atoms. The van der Waals surface area contributed by atoms with Gasteiger partial charge in [-0.3, -0.25) is 0 Å². The van der Waals surface area contributed by atoms with E-state index in [0.717, 1.165) is 0 Å². The van der Waals surface area contributed by atoms with Gasteiger partial charge < -0.3 is 31.6 Å². The van der Waals surface area contributed by atoms with Crippen LogP contribution < -0.4 is 17.3 Å². The number of halogens is 1. The molecule has 1 atom stereocenters. The Labute approximate surface area is 116 Å². The van der Waals surface area contributed by atoms with Crippen molar-refractivity contribution in [1.29, 1.82) is 0 Å². The van der Waals surface area contributed by atoms with Gasteiger partial charge in [-0.15, -0.1) is 0 Å². The minimum absolute atomic E-state index is 0. The third-order valence-electron chi connectivity index (χ3n) is 1.78. The van der Waals surface area contributed by atoms with Gasteiger partial charge in [0.25, 0.3) is 5.48 Å². The number of hydrogen-bond donors (Lipinski definition) is 1. The highest BCUT2D eigenvalue weighted by Gasteiger charge is 2.17. The van der Waals surface area contributed by atoms with E-state index in [4.69, 9.17) is 4.74 Å². The lowest BCUT2D eigenvalue weighted by Crippen LogP contribution is -3.00. The summed E-state index contributed by atoms with van der Waals surface area (Å²) >= 11 is 0. The Balaban J connectivity index is 0. The molecule has 7 heteroatoms. The van der Waals surface area contributed by atoms with Crippen LogP contribution >= 0.6 is 7.77 Å². The summed E-state index contributed by atoms with van der Waals surface area (Å²) in [5, 5.41) is 9.59. The molecule has 0 radical (unpaired) electrons. The number of esters is 1. The Morgan fingerprint density at radius 2 is 1.94 bits per heavy atom. The smallest absolute Gasteiger partial charge is 0.333 e. The lowest BCUT2D eigenvalue weighted by Gasteiger charge is -2.22. The van der Waals surface area contributed by atoms with Gasteiger partial charge in [0, 0.05) is 5.57 Å². The van der Waals surface area contributed by atoms with Gasteiger partial charge in [0.15, 0.2) is 6.54 Å². The van der Waals surface area contributed by atoms with Gasteiger partial charge in [-0.1, -0.05) is 6.58 Å². The zero-order chi connectivity index (χ0) is 13.6. The van der Waals surface area contributed by atoms with Crippen molar-refractivity contribution < 1.29 is 36.4 Å². The van der Waals surface area contributed by atoms with E-state index in [0.29, 0.717) is 16.6 Å². The maximum Gasteiger partial charge on any atom is 0.333 e. The van der Waals surface area contributed by atoms with Crippen molar-refractivity contribution in [1.82, 2.24) is 0 Å². The van der Waals surface area contributed by atoms with Crippen molar-refractivity contribution in [3.63, 3.8) is 0 Å². The number of aliphatic hydroxyl groups is 1. The fraction of sp³-hybridized carbons (Fsp3) is 0.636. The van der Waals surface area contributed by atoms with E-state index in [1.165, 1.54) is 0 Å². The predicted molar refractivity (Wildman–Crippen MR) is 67.4 cm³/mol. The van der Waals surface area contributed by atoms with Crippen LogP contribution in [0.15, 0.2) is 12.2 Å². The van der Waals surface area contributed by atoms with Crippen LogP contribution in [0.2, 0.25) is 0 Å². The van der Waals surface area contributed by atoms with Gasteiger partial charge >= 0.3 is 5.97 Å². The molecule has 1 N–H and O–H groups in total. The van der Waals surface area contributed by atoms with E-state index in [-0.39, 0.29) is 30.7 Å². The van der Waals surface area contributed by atoms with Gasteiger partial charge in [-0.2, -0.15) is 0 Å². The minimum Gasteiger partial charge on any atom is -1.00 e. The van der Waals surface area contributed by atoms with Crippen molar-refractivity contribution in [2.45, 2.75) is 6.92 Å². The molecular formula is C11H21ClNO4P. The molecule has 1 unspecified atom stereocenters. The summed E-state index contributed by atoms with van der Waals surface area (Å²) in [5.41, 5.74) is 0.263. The SMILES string of the molecule is C=C(C)C(=O)OCC/[P+]([O-])=C(\O)C[N+](C)(C)C.[Cl-]. The first-order valence-corrected chi connectivity index (χ1v) is 6.70. The molecule has 0 aliphatic heterocycles. The van der Waals surface area contributed by atoms with Gasteiger partial charge in [0.1, 0.15) is 12.8 Å². The molecule has 0 saturated carbocycles. The summed E-state index contributed by atoms with van der Waals surface area (Å²) in [6.45, 7) is 5.33. The lowest BCUT2D eigenvalue weighted by atomic mass is 10.4. The molecular weight excluding hydrogens is 277 g/mol. The second-order valence-electron chi connectivity index (χ2n) is 4.88. The average molecular weight is 298 g/mol. The van der Waals surface area contributed by atoms with Crippen LogP contribution in [0.25, 0.3) is 0 Å². The summed E-state index contributed by atoms with van der Waals surface area (Å²) in [7, 11) is 3.81. The minimum atomic E-state index is -1.86. The van der Waals surface area contributed by atoms with Crippen molar-refractivity contribution in [2.75, 3.05) is 40.5 Å². The highest BCUT2D eigenvalue weighted by molar-refractivity contribution is 7.51. The van der Waals surface area contributed by atoms with E-state index in [1.807, 2.05) is 21.1 Å². The normalized spacial score (nSPS) is 12.3. The van der Waals surface area contributed by atoms with Crippen molar-refractivity contribution in [3.8, 4) is 0 Å². The highest BCUT2D eigenvalue weighted by atomic mass is 35.5. The standard InChI is InChI=1S/C11H20NO4P.ClH/c1-9(2)11(14)16-6-7-17(15)10(13)8-12(3,4)5;/h1,6-8H2,2-5H3;1H. The monoisotopic (exact) mass is 297 g/mol. The van der Waals surface area contributed by atoms with Crippen LogP contribution in [0.5, 0.6) is 0 Å². The zero-order valence-corrected chi connectivity index (χ0v) is 12.9. The molecule has 0 rings (SSSR count). The van der Waals surface area contributed by atoms with E-state index < -0.39 is 13.7 Å². The van der Waals surface area contributed by atoms with Crippen LogP contribution in [0, 0.1) is 0 Å². The first-order valence-electron chi connectivity index (χ1n) is 5.26. The topological polar surface area (TPSA) is 69.6 Å². The quantitative estimate of drug-likeness (QED) is 0.247. The second kappa shape index (κ2) is 8.62. The number of nitrogens with zero attached hydrogens (tertiary/aromatic N) is 1. The molecule has 0 saturated heterocycles. The largest absolute Gasteiger partial charge is 1.00 e. The van der Waals surface area contributed by atoms with Gasteiger partial charge in [0.2, 0.25) is 0 Å². The van der Waals surface area contributed by atoms with Crippen LogP contribution in [-0.2, 0) is 9.53 Å². The van der Waals surface area contributed by atoms with E-state index in [1.54, 1.807) is 6.92 Å². The Morgan fingerprint density at radius 1 is 1.44 bits per heavy atom. The number of likely N-dealkylation sites (N-methyl/N-ethyl adjacent to an activating group) is 1. The van der Waals surface area contributed by atoms with E-state index in [9.17, 15) is 14.8 Å². The van der Waals surface area contributed by atoms with E-state index in [2.05, 4.69) is 6.58 Å². The maximum absolute atomic E-state index is 11.6. The number of quaternary nitrogens is 1. The number of hydrogen-bond acceptors (Lipinski definition) is 3. The Bertz CT molecular complexity index is 336. The summed E-state index contributed by atoms with van der Waals surface area (Å²) in [4.78, 5) is 22.6. The van der Waals surface area contributed by atoms with Crippen molar-refractivity contribution in [3.05, 3.63) is 12.2 Å². The first kappa shape index (κ1) is 19.9. The molecule has 0 aromatic rings. The van der Waals surface area contributed by atoms with Crippen LogP contribution in [0.4, 0.5) is 0 Å². The number of ether oxygens (including phenoxy) is 1. The fourth-order valence-electron chi connectivity index (χ4n) is 0.977. The van der Waals surface area contributed by atoms with Gasteiger partial charge in [0.05, 0.1) is 28.9 Å². The lowest BCUT2D eigenvalue weighted by molar-refractivity contribution is -0.861. The Morgan fingerprint density at radius 3 is 2.33 bits per heavy atom. The van der Waals surface area contributed by atoms with Crippen molar-refractivity contribution in [2.24, 2.45) is 0 Å². The van der Waals surface area contributed by atoms with Crippen molar-refractivity contribution >= 4 is 19.2 Å². The zero-order valence-electron chi connectivity index (χ0n) is 11.3. The second-order valence-corrected chi connectivity index (χ2v) is 6.60. The Kier molecular flexibility index (Phi) is 9.52. The third-order valence-corrected chi connectivity index (χ3v) is 3.09. The molecule has 0 aromatic heterocycles. The van der Waals surface area contributed by atoms with Crippen LogP contribution in [0.3, 0.4) is 0 Å².